The van der Waals surface area contributed by atoms with E-state index in [0.29, 0.717) is 34.4 Å². The molecule has 132 valence electrons. The minimum Gasteiger partial charge on any atom is -0.454 e. The predicted octanol–water partition coefficient (Wildman–Crippen LogP) is 2.38. The summed E-state index contributed by atoms with van der Waals surface area (Å²) in [5.41, 5.74) is 1.83. The van der Waals surface area contributed by atoms with Gasteiger partial charge in [-0.25, -0.2) is 4.68 Å². The Labute approximate surface area is 147 Å². The van der Waals surface area contributed by atoms with Crippen LogP contribution in [0.2, 0.25) is 0 Å². The molecule has 2 aromatic rings. The average molecular weight is 361 g/mol. The van der Waals surface area contributed by atoms with Crippen LogP contribution in [0.5, 0.6) is 11.5 Å². The number of carbonyl (C=O) groups excluding carboxylic acids is 1. The first-order chi connectivity index (χ1) is 11.8. The lowest BCUT2D eigenvalue weighted by molar-refractivity contribution is 0.102. The highest BCUT2D eigenvalue weighted by molar-refractivity contribution is 7.83. The van der Waals surface area contributed by atoms with Crippen LogP contribution in [0.25, 0.3) is 0 Å². The first-order valence-electron chi connectivity index (χ1n) is 8.00. The van der Waals surface area contributed by atoms with Gasteiger partial charge in [-0.15, -0.1) is 0 Å². The summed E-state index contributed by atoms with van der Waals surface area (Å²) >= 11 is 0. The van der Waals surface area contributed by atoms with Gasteiger partial charge in [0, 0.05) is 21.9 Å². The molecule has 0 saturated heterocycles. The Morgan fingerprint density at radius 1 is 1.24 bits per heavy atom. The molecule has 8 heteroatoms. The number of ether oxygens (including phenoxy) is 2. The number of aromatic nitrogens is 2. The summed E-state index contributed by atoms with van der Waals surface area (Å²) < 4.78 is 24.3. The second-order valence-corrected chi connectivity index (χ2v) is 8.56. The third-order valence-corrected chi connectivity index (χ3v) is 5.38. The Bertz CT molecular complexity index is 898. The highest BCUT2D eigenvalue weighted by Crippen LogP contribution is 2.35. The third kappa shape index (κ3) is 2.80. The molecule has 7 nitrogen and oxygen atoms in total. The van der Waals surface area contributed by atoms with Crippen molar-refractivity contribution in [3.8, 4) is 11.5 Å². The molecule has 1 aromatic heterocycles. The lowest BCUT2D eigenvalue weighted by atomic mass is 10.1. The maximum Gasteiger partial charge on any atom is 0.256 e. The first-order valence-corrected chi connectivity index (χ1v) is 9.49. The van der Waals surface area contributed by atoms with E-state index in [9.17, 15) is 9.00 Å². The number of amides is 1. The van der Waals surface area contributed by atoms with Crippen molar-refractivity contribution in [3.05, 3.63) is 35.0 Å². The van der Waals surface area contributed by atoms with Crippen molar-refractivity contribution in [1.29, 1.82) is 0 Å². The van der Waals surface area contributed by atoms with Gasteiger partial charge in [-0.3, -0.25) is 9.00 Å². The molecule has 25 heavy (non-hydrogen) atoms. The predicted molar refractivity (Wildman–Crippen MR) is 93.3 cm³/mol. The maximum atomic E-state index is 12.7. The molecule has 2 aliphatic heterocycles. The lowest BCUT2D eigenvalue weighted by Gasteiger charge is -2.23. The number of carbonyl (C=O) groups is 1. The van der Waals surface area contributed by atoms with Crippen LogP contribution in [0, 0.1) is 0 Å². The van der Waals surface area contributed by atoms with Crippen LogP contribution in [-0.2, 0) is 27.8 Å². The summed E-state index contributed by atoms with van der Waals surface area (Å²) in [6.07, 6.45) is 0. The fourth-order valence-electron chi connectivity index (χ4n) is 2.96. The van der Waals surface area contributed by atoms with Gasteiger partial charge in [0.25, 0.3) is 5.91 Å². The van der Waals surface area contributed by atoms with Gasteiger partial charge in [-0.1, -0.05) is 0 Å². The van der Waals surface area contributed by atoms with E-state index in [-0.39, 0.29) is 18.2 Å². The lowest BCUT2D eigenvalue weighted by Crippen LogP contribution is -2.27. The van der Waals surface area contributed by atoms with Gasteiger partial charge in [-0.2, -0.15) is 5.10 Å². The van der Waals surface area contributed by atoms with E-state index in [4.69, 9.17) is 9.47 Å². The number of nitrogens with zero attached hydrogens (tertiary/aromatic N) is 2. The van der Waals surface area contributed by atoms with E-state index in [2.05, 4.69) is 10.4 Å². The summed E-state index contributed by atoms with van der Waals surface area (Å²) in [6.45, 7) is 6.21. The monoisotopic (exact) mass is 361 g/mol. The van der Waals surface area contributed by atoms with Gasteiger partial charge in [0.05, 0.1) is 22.7 Å². The largest absolute Gasteiger partial charge is 0.454 e. The molecule has 1 amide bonds. The van der Waals surface area contributed by atoms with Crippen LogP contribution in [0.15, 0.2) is 18.2 Å². The van der Waals surface area contributed by atoms with E-state index in [1.54, 1.807) is 22.9 Å². The standard InChI is InChI=1S/C17H19N3O4S/c1-17(2,3)20-15(11-7-25(22)8-12(11)19-20)18-16(21)10-4-5-13-14(6-10)24-9-23-13/h4-6H,7-9H2,1-3H3,(H,18,21). The minimum atomic E-state index is -0.956. The van der Waals surface area contributed by atoms with Gasteiger partial charge in [0.1, 0.15) is 5.82 Å². The van der Waals surface area contributed by atoms with Crippen LogP contribution in [0.3, 0.4) is 0 Å². The second-order valence-electron chi connectivity index (χ2n) is 7.11. The van der Waals surface area contributed by atoms with Gasteiger partial charge in [0.2, 0.25) is 6.79 Å². The number of nitrogens with one attached hydrogen (secondary N) is 1. The Balaban J connectivity index is 1.68. The maximum absolute atomic E-state index is 12.7. The molecule has 2 aliphatic rings. The second kappa shape index (κ2) is 5.59. The fourth-order valence-corrected chi connectivity index (χ4v) is 4.22. The Hall–Kier alpha value is -2.35. The molecular formula is C17H19N3O4S. The van der Waals surface area contributed by atoms with Crippen molar-refractivity contribution in [3.63, 3.8) is 0 Å². The number of fused-ring (bicyclic) bond motifs is 2. The molecule has 3 heterocycles. The highest BCUT2D eigenvalue weighted by atomic mass is 32.2. The molecule has 1 unspecified atom stereocenters. The normalized spacial score (nSPS) is 18.3. The smallest absolute Gasteiger partial charge is 0.256 e. The van der Waals surface area contributed by atoms with Crippen molar-refractivity contribution in [1.82, 2.24) is 9.78 Å². The summed E-state index contributed by atoms with van der Waals surface area (Å²) in [5, 5.41) is 7.54. The molecule has 0 fully saturated rings. The van der Waals surface area contributed by atoms with Crippen LogP contribution in [0.1, 0.15) is 42.4 Å². The Morgan fingerprint density at radius 2 is 2.00 bits per heavy atom. The molecule has 4 rings (SSSR count). The zero-order valence-corrected chi connectivity index (χ0v) is 15.1. The number of hydrogen-bond acceptors (Lipinski definition) is 5. The molecule has 0 radical (unpaired) electrons. The number of rotatable bonds is 2. The van der Waals surface area contributed by atoms with Crippen molar-refractivity contribution in [2.75, 3.05) is 12.1 Å². The van der Waals surface area contributed by atoms with E-state index in [0.717, 1.165) is 11.3 Å². The van der Waals surface area contributed by atoms with Crippen molar-refractivity contribution in [2.24, 2.45) is 0 Å². The summed E-state index contributed by atoms with van der Waals surface area (Å²) in [5.74, 6) is 2.41. The number of hydrogen-bond donors (Lipinski definition) is 1. The summed E-state index contributed by atoms with van der Waals surface area (Å²) in [7, 11) is -0.956. The van der Waals surface area contributed by atoms with Crippen molar-refractivity contribution >= 4 is 22.5 Å². The molecule has 1 aromatic carbocycles. The van der Waals surface area contributed by atoms with Gasteiger partial charge in [-0.05, 0) is 39.0 Å². The highest BCUT2D eigenvalue weighted by Gasteiger charge is 2.31. The van der Waals surface area contributed by atoms with E-state index in [1.807, 2.05) is 20.8 Å². The molecule has 1 N–H and O–H groups in total. The minimum absolute atomic E-state index is 0.163. The molecule has 0 saturated carbocycles. The molecule has 0 aliphatic carbocycles. The van der Waals surface area contributed by atoms with Crippen LogP contribution >= 0.6 is 0 Å². The average Bonchev–Trinajstić information content (AvgIpc) is 3.21. The van der Waals surface area contributed by atoms with E-state index < -0.39 is 10.8 Å². The third-order valence-electron chi connectivity index (χ3n) is 4.17. The SMILES string of the molecule is CC(C)(C)n1nc2c(c1NC(=O)c1ccc3c(c1)OCO3)CS(=O)C2. The van der Waals surface area contributed by atoms with E-state index >= 15 is 0 Å². The van der Waals surface area contributed by atoms with Crippen LogP contribution in [-0.4, -0.2) is 26.7 Å². The quantitative estimate of drug-likeness (QED) is 0.888. The zero-order chi connectivity index (χ0) is 17.8. The fraction of sp³-hybridized carbons (Fsp3) is 0.412. The molecule has 1 atom stereocenters. The summed E-state index contributed by atoms with van der Waals surface area (Å²) in [6, 6.07) is 5.07. The van der Waals surface area contributed by atoms with Gasteiger partial charge in [0.15, 0.2) is 11.5 Å². The van der Waals surface area contributed by atoms with E-state index in [1.165, 1.54) is 0 Å². The van der Waals surface area contributed by atoms with Gasteiger partial charge >= 0.3 is 0 Å². The number of anilines is 1. The Kier molecular flexibility index (Phi) is 3.61. The van der Waals surface area contributed by atoms with Crippen LogP contribution in [0.4, 0.5) is 5.82 Å². The summed E-state index contributed by atoms with van der Waals surface area (Å²) in [4.78, 5) is 12.7. The Morgan fingerprint density at radius 3 is 2.76 bits per heavy atom. The molecular weight excluding hydrogens is 342 g/mol. The zero-order valence-electron chi connectivity index (χ0n) is 14.3. The topological polar surface area (TPSA) is 82.5 Å². The molecule has 0 bridgehead atoms. The number of benzene rings is 1. The van der Waals surface area contributed by atoms with Crippen molar-refractivity contribution < 1.29 is 18.5 Å². The first kappa shape index (κ1) is 16.1. The van der Waals surface area contributed by atoms with Gasteiger partial charge < -0.3 is 14.8 Å². The van der Waals surface area contributed by atoms with Crippen molar-refractivity contribution in [2.45, 2.75) is 37.8 Å². The van der Waals surface area contributed by atoms with Crippen LogP contribution < -0.4 is 14.8 Å². The molecule has 0 spiro atoms.